The molecule has 1 aliphatic heterocycles. The van der Waals surface area contributed by atoms with E-state index < -0.39 is 0 Å². The number of pyridine rings is 1. The van der Waals surface area contributed by atoms with Crippen LogP contribution in [0.25, 0.3) is 0 Å². The van der Waals surface area contributed by atoms with Crippen molar-refractivity contribution in [1.82, 2.24) is 15.6 Å². The van der Waals surface area contributed by atoms with Crippen molar-refractivity contribution in [3.05, 3.63) is 23.9 Å². The third kappa shape index (κ3) is 2.26. The molecule has 1 atom stereocenters. The highest BCUT2D eigenvalue weighted by molar-refractivity contribution is 5.85. The molecule has 0 bridgehead atoms. The van der Waals surface area contributed by atoms with Gasteiger partial charge in [-0.05, 0) is 12.1 Å². The lowest BCUT2D eigenvalue weighted by atomic mass is 10.1. The Labute approximate surface area is 106 Å². The van der Waals surface area contributed by atoms with Crippen LogP contribution in [0.1, 0.15) is 5.56 Å². The number of carbonyl (C=O) groups is 1. The van der Waals surface area contributed by atoms with Gasteiger partial charge in [-0.25, -0.2) is 4.98 Å². The van der Waals surface area contributed by atoms with Crippen molar-refractivity contribution in [2.75, 3.05) is 31.6 Å². The van der Waals surface area contributed by atoms with Gasteiger partial charge >= 0.3 is 0 Å². The summed E-state index contributed by atoms with van der Waals surface area (Å²) in [7, 11) is 1.61. The van der Waals surface area contributed by atoms with Gasteiger partial charge in [-0.15, -0.1) is 0 Å². The van der Waals surface area contributed by atoms with E-state index in [0.717, 1.165) is 6.54 Å². The van der Waals surface area contributed by atoms with E-state index in [4.69, 9.17) is 5.26 Å². The molecule has 1 aromatic heterocycles. The number of nitrogens with zero attached hydrogens (tertiary/aromatic N) is 3. The Bertz CT molecular complexity index is 482. The average molecular weight is 245 g/mol. The SMILES string of the molecule is CNC(=O)C1CNCCN1c1ncccc1C#N. The highest BCUT2D eigenvalue weighted by atomic mass is 16.2. The van der Waals surface area contributed by atoms with Crippen molar-refractivity contribution in [2.45, 2.75) is 6.04 Å². The molecule has 18 heavy (non-hydrogen) atoms. The number of nitrogens with one attached hydrogen (secondary N) is 2. The Hall–Kier alpha value is -2.13. The molecule has 1 aromatic rings. The van der Waals surface area contributed by atoms with Gasteiger partial charge in [0.15, 0.2) is 0 Å². The number of aromatic nitrogens is 1. The Balaban J connectivity index is 2.34. The minimum Gasteiger partial charge on any atom is -0.357 e. The molecule has 6 heteroatoms. The number of hydrogen-bond donors (Lipinski definition) is 2. The predicted octanol–water partition coefficient (Wildman–Crippen LogP) is -0.523. The highest BCUT2D eigenvalue weighted by Gasteiger charge is 2.30. The first kappa shape index (κ1) is 12.3. The van der Waals surface area contributed by atoms with Gasteiger partial charge in [-0.2, -0.15) is 5.26 Å². The second-order valence-corrected chi connectivity index (χ2v) is 4.01. The lowest BCUT2D eigenvalue weighted by Crippen LogP contribution is -2.58. The third-order valence-electron chi connectivity index (χ3n) is 2.97. The molecule has 0 radical (unpaired) electrons. The Morgan fingerprint density at radius 1 is 1.72 bits per heavy atom. The normalized spacial score (nSPS) is 19.1. The van der Waals surface area contributed by atoms with Crippen molar-refractivity contribution < 1.29 is 4.79 Å². The summed E-state index contributed by atoms with van der Waals surface area (Å²) in [6.07, 6.45) is 1.64. The standard InChI is InChI=1S/C12H15N5O/c1-14-12(18)10-8-15-5-6-17(10)11-9(7-13)3-2-4-16-11/h2-4,10,15H,5-6,8H2,1H3,(H,14,18). The van der Waals surface area contributed by atoms with Gasteiger partial charge in [0, 0.05) is 32.9 Å². The van der Waals surface area contributed by atoms with E-state index in [0.29, 0.717) is 24.5 Å². The van der Waals surface area contributed by atoms with Gasteiger partial charge in [0.05, 0.1) is 5.56 Å². The van der Waals surface area contributed by atoms with Gasteiger partial charge in [0.25, 0.3) is 0 Å². The van der Waals surface area contributed by atoms with Crippen LogP contribution in [0.15, 0.2) is 18.3 Å². The lowest BCUT2D eigenvalue weighted by Gasteiger charge is -2.36. The first-order valence-electron chi connectivity index (χ1n) is 5.82. The zero-order chi connectivity index (χ0) is 13.0. The van der Waals surface area contributed by atoms with Crippen LogP contribution in [0, 0.1) is 11.3 Å². The smallest absolute Gasteiger partial charge is 0.243 e. The van der Waals surface area contributed by atoms with Crippen LogP contribution in [0.3, 0.4) is 0 Å². The Kier molecular flexibility index (Phi) is 3.75. The fourth-order valence-electron chi connectivity index (χ4n) is 2.07. The quantitative estimate of drug-likeness (QED) is 0.732. The van der Waals surface area contributed by atoms with Gasteiger partial charge in [-0.1, -0.05) is 0 Å². The number of likely N-dealkylation sites (N-methyl/N-ethyl adjacent to an activating group) is 1. The molecular weight excluding hydrogens is 230 g/mol. The summed E-state index contributed by atoms with van der Waals surface area (Å²) in [6, 6.07) is 5.22. The molecule has 1 saturated heterocycles. The second-order valence-electron chi connectivity index (χ2n) is 4.01. The van der Waals surface area contributed by atoms with Gasteiger partial charge < -0.3 is 15.5 Å². The molecule has 1 aliphatic rings. The first-order valence-corrected chi connectivity index (χ1v) is 5.82. The number of amides is 1. The molecule has 0 spiro atoms. The number of carbonyl (C=O) groups excluding carboxylic acids is 1. The summed E-state index contributed by atoms with van der Waals surface area (Å²) in [5, 5.41) is 14.9. The number of piperazine rings is 1. The minimum absolute atomic E-state index is 0.0725. The third-order valence-corrected chi connectivity index (χ3v) is 2.97. The van der Waals surface area contributed by atoms with E-state index >= 15 is 0 Å². The summed E-state index contributed by atoms with van der Waals surface area (Å²) < 4.78 is 0. The van der Waals surface area contributed by atoms with Crippen LogP contribution in [0.4, 0.5) is 5.82 Å². The summed E-state index contributed by atoms with van der Waals surface area (Å²) >= 11 is 0. The van der Waals surface area contributed by atoms with Crippen LogP contribution >= 0.6 is 0 Å². The Morgan fingerprint density at radius 2 is 2.56 bits per heavy atom. The van der Waals surface area contributed by atoms with Crippen LogP contribution in [-0.2, 0) is 4.79 Å². The number of rotatable bonds is 2. The van der Waals surface area contributed by atoms with E-state index in [2.05, 4.69) is 21.7 Å². The minimum atomic E-state index is -0.328. The fourth-order valence-corrected chi connectivity index (χ4v) is 2.07. The van der Waals surface area contributed by atoms with E-state index in [1.807, 2.05) is 4.90 Å². The maximum Gasteiger partial charge on any atom is 0.243 e. The van der Waals surface area contributed by atoms with Crippen molar-refractivity contribution in [3.8, 4) is 6.07 Å². The van der Waals surface area contributed by atoms with Gasteiger partial charge in [-0.3, -0.25) is 4.79 Å². The maximum atomic E-state index is 11.8. The predicted molar refractivity (Wildman–Crippen MR) is 67.0 cm³/mol. The molecule has 2 rings (SSSR count). The first-order chi connectivity index (χ1) is 8.77. The largest absolute Gasteiger partial charge is 0.357 e. The van der Waals surface area contributed by atoms with Crippen LogP contribution in [0.2, 0.25) is 0 Å². The van der Waals surface area contributed by atoms with Crippen molar-refractivity contribution in [2.24, 2.45) is 0 Å². The van der Waals surface area contributed by atoms with Gasteiger partial charge in [0.1, 0.15) is 17.9 Å². The topological polar surface area (TPSA) is 81.1 Å². The van der Waals surface area contributed by atoms with Gasteiger partial charge in [0.2, 0.25) is 5.91 Å². The van der Waals surface area contributed by atoms with E-state index in [1.165, 1.54) is 0 Å². The number of hydrogen-bond acceptors (Lipinski definition) is 5. The number of nitriles is 1. The van der Waals surface area contributed by atoms with Crippen molar-refractivity contribution in [3.63, 3.8) is 0 Å². The monoisotopic (exact) mass is 245 g/mol. The molecule has 0 aliphatic carbocycles. The van der Waals surface area contributed by atoms with E-state index in [9.17, 15) is 4.79 Å². The van der Waals surface area contributed by atoms with Crippen molar-refractivity contribution >= 4 is 11.7 Å². The van der Waals surface area contributed by atoms with Crippen LogP contribution in [0.5, 0.6) is 0 Å². The molecule has 1 fully saturated rings. The summed E-state index contributed by atoms with van der Waals surface area (Å²) in [6.45, 7) is 1.99. The molecule has 6 nitrogen and oxygen atoms in total. The fraction of sp³-hybridized carbons (Fsp3) is 0.417. The summed E-state index contributed by atoms with van der Waals surface area (Å²) in [4.78, 5) is 18.0. The summed E-state index contributed by atoms with van der Waals surface area (Å²) in [5.41, 5.74) is 0.494. The lowest BCUT2D eigenvalue weighted by molar-refractivity contribution is -0.122. The molecular formula is C12H15N5O. The molecule has 0 saturated carbocycles. The molecule has 94 valence electrons. The van der Waals surface area contributed by atoms with E-state index in [1.54, 1.807) is 25.4 Å². The molecule has 1 amide bonds. The van der Waals surface area contributed by atoms with Crippen LogP contribution in [-0.4, -0.2) is 43.6 Å². The second kappa shape index (κ2) is 5.47. The maximum absolute atomic E-state index is 11.8. The molecule has 2 heterocycles. The Morgan fingerprint density at radius 3 is 3.28 bits per heavy atom. The van der Waals surface area contributed by atoms with E-state index in [-0.39, 0.29) is 11.9 Å². The zero-order valence-electron chi connectivity index (χ0n) is 10.2. The molecule has 0 aromatic carbocycles. The molecule has 2 N–H and O–H groups in total. The number of anilines is 1. The van der Waals surface area contributed by atoms with Crippen molar-refractivity contribution in [1.29, 1.82) is 5.26 Å². The van der Waals surface area contributed by atoms with Crippen LogP contribution < -0.4 is 15.5 Å². The zero-order valence-corrected chi connectivity index (χ0v) is 10.2. The summed E-state index contributed by atoms with van der Waals surface area (Å²) in [5.74, 6) is 0.506. The highest BCUT2D eigenvalue weighted by Crippen LogP contribution is 2.19. The molecule has 1 unspecified atom stereocenters. The average Bonchev–Trinajstić information content (AvgIpc) is 2.46.